The molecule has 1 amide bonds. The van der Waals surface area contributed by atoms with Crippen molar-refractivity contribution in [2.75, 3.05) is 11.9 Å². The van der Waals surface area contributed by atoms with Crippen LogP contribution in [0.5, 0.6) is 5.75 Å². The van der Waals surface area contributed by atoms with E-state index >= 15 is 0 Å². The molecule has 0 spiro atoms. The standard InChI is InChI=1S/C15H16F3N3O2S/c1-2-3-8-19-13(22)12-9-24-14(21-12)20-10-4-6-11(7-5-10)23-15(16,17)18/h4-7,9H,2-3,8H2,1H3,(H,19,22)(H,20,21). The number of nitrogens with zero attached hydrogens (tertiary/aromatic N) is 1. The lowest BCUT2D eigenvalue weighted by molar-refractivity contribution is -0.274. The normalized spacial score (nSPS) is 11.2. The number of carbonyl (C=O) groups is 1. The lowest BCUT2D eigenvalue weighted by Crippen LogP contribution is -2.24. The van der Waals surface area contributed by atoms with Crippen LogP contribution in [0, 0.1) is 0 Å². The van der Waals surface area contributed by atoms with Crippen LogP contribution < -0.4 is 15.4 Å². The first kappa shape index (κ1) is 18.1. The SMILES string of the molecule is CCCCNC(=O)c1csc(Nc2ccc(OC(F)(F)F)cc2)n1. The summed E-state index contributed by atoms with van der Waals surface area (Å²) in [4.78, 5) is 16.0. The largest absolute Gasteiger partial charge is 0.573 e. The molecule has 24 heavy (non-hydrogen) atoms. The molecule has 2 rings (SSSR count). The van der Waals surface area contributed by atoms with Gasteiger partial charge in [-0.1, -0.05) is 13.3 Å². The molecule has 2 N–H and O–H groups in total. The molecule has 9 heteroatoms. The van der Waals surface area contributed by atoms with Crippen LogP contribution in [0.25, 0.3) is 0 Å². The molecule has 0 aliphatic carbocycles. The average Bonchev–Trinajstić information content (AvgIpc) is 2.96. The van der Waals surface area contributed by atoms with Crippen LogP contribution in [0.4, 0.5) is 24.0 Å². The van der Waals surface area contributed by atoms with Crippen molar-refractivity contribution in [3.05, 3.63) is 35.3 Å². The Hall–Kier alpha value is -2.29. The monoisotopic (exact) mass is 359 g/mol. The van der Waals surface area contributed by atoms with Crippen molar-refractivity contribution >= 4 is 28.1 Å². The van der Waals surface area contributed by atoms with Gasteiger partial charge in [0.2, 0.25) is 0 Å². The third-order valence-electron chi connectivity index (χ3n) is 2.89. The number of ether oxygens (including phenoxy) is 1. The Morgan fingerprint density at radius 3 is 2.62 bits per heavy atom. The topological polar surface area (TPSA) is 63.2 Å². The Labute approximate surface area is 140 Å². The van der Waals surface area contributed by atoms with E-state index in [9.17, 15) is 18.0 Å². The van der Waals surface area contributed by atoms with Crippen molar-refractivity contribution in [2.24, 2.45) is 0 Å². The van der Waals surface area contributed by atoms with Gasteiger partial charge in [-0.3, -0.25) is 4.79 Å². The van der Waals surface area contributed by atoms with Gasteiger partial charge in [0.1, 0.15) is 11.4 Å². The van der Waals surface area contributed by atoms with E-state index in [1.54, 1.807) is 5.38 Å². The number of rotatable bonds is 7. The summed E-state index contributed by atoms with van der Waals surface area (Å²) < 4.78 is 40.1. The average molecular weight is 359 g/mol. The van der Waals surface area contributed by atoms with Crippen LogP contribution in [-0.4, -0.2) is 23.8 Å². The van der Waals surface area contributed by atoms with E-state index in [0.29, 0.717) is 23.1 Å². The predicted octanol–water partition coefficient (Wildman–Crippen LogP) is 4.32. The lowest BCUT2D eigenvalue weighted by atomic mass is 10.3. The summed E-state index contributed by atoms with van der Waals surface area (Å²) in [5.41, 5.74) is 0.840. The molecule has 0 fully saturated rings. The van der Waals surface area contributed by atoms with Gasteiger partial charge in [0.05, 0.1) is 0 Å². The summed E-state index contributed by atoms with van der Waals surface area (Å²) in [5.74, 6) is -0.551. The number of alkyl halides is 3. The van der Waals surface area contributed by atoms with E-state index in [1.165, 1.54) is 35.6 Å². The summed E-state index contributed by atoms with van der Waals surface area (Å²) in [6.45, 7) is 2.62. The molecule has 0 aliphatic rings. The van der Waals surface area contributed by atoms with Gasteiger partial charge in [0.25, 0.3) is 5.91 Å². The lowest BCUT2D eigenvalue weighted by Gasteiger charge is -2.09. The number of thiazole rings is 1. The molecule has 2 aromatic rings. The minimum atomic E-state index is -4.72. The van der Waals surface area contributed by atoms with Gasteiger partial charge in [-0.25, -0.2) is 4.98 Å². The minimum absolute atomic E-state index is 0.248. The van der Waals surface area contributed by atoms with Gasteiger partial charge in [0, 0.05) is 17.6 Å². The summed E-state index contributed by atoms with van der Waals surface area (Å²) >= 11 is 1.23. The third-order valence-corrected chi connectivity index (χ3v) is 3.65. The zero-order chi connectivity index (χ0) is 17.6. The number of carbonyl (C=O) groups excluding carboxylic acids is 1. The smallest absolute Gasteiger partial charge is 0.406 e. The van der Waals surface area contributed by atoms with E-state index < -0.39 is 6.36 Å². The van der Waals surface area contributed by atoms with Crippen LogP contribution in [0.3, 0.4) is 0 Å². The Morgan fingerprint density at radius 1 is 1.29 bits per heavy atom. The molecule has 0 unspecified atom stereocenters. The molecule has 0 atom stereocenters. The highest BCUT2D eigenvalue weighted by molar-refractivity contribution is 7.14. The fourth-order valence-electron chi connectivity index (χ4n) is 1.77. The van der Waals surface area contributed by atoms with Crippen molar-refractivity contribution < 1.29 is 22.7 Å². The second-order valence-electron chi connectivity index (χ2n) is 4.84. The van der Waals surface area contributed by atoms with E-state index in [-0.39, 0.29) is 11.7 Å². The van der Waals surface area contributed by atoms with Crippen LogP contribution in [0.1, 0.15) is 30.3 Å². The van der Waals surface area contributed by atoms with Crippen molar-refractivity contribution in [3.8, 4) is 5.75 Å². The second kappa shape index (κ2) is 8.00. The summed E-state index contributed by atoms with van der Waals surface area (Å²) in [6, 6.07) is 5.26. The Balaban J connectivity index is 1.93. The van der Waals surface area contributed by atoms with Crippen LogP contribution >= 0.6 is 11.3 Å². The molecule has 5 nitrogen and oxygen atoms in total. The van der Waals surface area contributed by atoms with E-state index in [1.807, 2.05) is 6.92 Å². The molecule has 0 bridgehead atoms. The molecular formula is C15H16F3N3O2S. The van der Waals surface area contributed by atoms with Crippen LogP contribution in [0.2, 0.25) is 0 Å². The van der Waals surface area contributed by atoms with Gasteiger partial charge in [-0.15, -0.1) is 24.5 Å². The maximum Gasteiger partial charge on any atom is 0.573 e. The van der Waals surface area contributed by atoms with Crippen molar-refractivity contribution in [1.29, 1.82) is 0 Å². The molecule has 130 valence electrons. The number of hydrogen-bond donors (Lipinski definition) is 2. The highest BCUT2D eigenvalue weighted by Crippen LogP contribution is 2.26. The third kappa shape index (κ3) is 5.73. The molecule has 1 aromatic carbocycles. The quantitative estimate of drug-likeness (QED) is 0.723. The first-order valence-corrected chi connectivity index (χ1v) is 8.12. The Morgan fingerprint density at radius 2 is 2.00 bits per heavy atom. The Kier molecular flexibility index (Phi) is 6.02. The summed E-state index contributed by atoms with van der Waals surface area (Å²) in [6.07, 6.45) is -2.84. The second-order valence-corrected chi connectivity index (χ2v) is 5.70. The van der Waals surface area contributed by atoms with Crippen LogP contribution in [-0.2, 0) is 0 Å². The van der Waals surface area contributed by atoms with E-state index in [0.717, 1.165) is 12.8 Å². The van der Waals surface area contributed by atoms with Gasteiger partial charge < -0.3 is 15.4 Å². The maximum atomic E-state index is 12.1. The zero-order valence-electron chi connectivity index (χ0n) is 12.8. The fraction of sp³-hybridized carbons (Fsp3) is 0.333. The van der Waals surface area contributed by atoms with Crippen molar-refractivity contribution in [3.63, 3.8) is 0 Å². The minimum Gasteiger partial charge on any atom is -0.406 e. The highest BCUT2D eigenvalue weighted by atomic mass is 32.1. The number of halogens is 3. The molecule has 1 aromatic heterocycles. The van der Waals surface area contributed by atoms with Crippen molar-refractivity contribution in [2.45, 2.75) is 26.1 Å². The van der Waals surface area contributed by atoms with E-state index in [2.05, 4.69) is 20.4 Å². The molecule has 0 saturated carbocycles. The maximum absolute atomic E-state index is 12.1. The van der Waals surface area contributed by atoms with Crippen LogP contribution in [0.15, 0.2) is 29.6 Å². The molecule has 0 radical (unpaired) electrons. The number of nitrogens with one attached hydrogen (secondary N) is 2. The molecule has 1 heterocycles. The van der Waals surface area contributed by atoms with Crippen molar-refractivity contribution in [1.82, 2.24) is 10.3 Å². The molecular weight excluding hydrogens is 343 g/mol. The first-order chi connectivity index (χ1) is 11.4. The van der Waals surface area contributed by atoms with Gasteiger partial charge in [0.15, 0.2) is 5.13 Å². The number of anilines is 2. The summed E-state index contributed by atoms with van der Waals surface area (Å²) in [5, 5.41) is 7.78. The number of aromatic nitrogens is 1. The van der Waals surface area contributed by atoms with E-state index in [4.69, 9.17) is 0 Å². The number of benzene rings is 1. The number of hydrogen-bond acceptors (Lipinski definition) is 5. The molecule has 0 saturated heterocycles. The Bertz CT molecular complexity index is 671. The van der Waals surface area contributed by atoms with Gasteiger partial charge in [-0.05, 0) is 30.7 Å². The van der Waals surface area contributed by atoms with Gasteiger partial charge >= 0.3 is 6.36 Å². The number of unbranched alkanes of at least 4 members (excludes halogenated alkanes) is 1. The summed E-state index contributed by atoms with van der Waals surface area (Å²) in [7, 11) is 0. The zero-order valence-corrected chi connectivity index (χ0v) is 13.6. The van der Waals surface area contributed by atoms with Gasteiger partial charge in [-0.2, -0.15) is 0 Å². The predicted molar refractivity (Wildman–Crippen MR) is 85.8 cm³/mol. The molecule has 0 aliphatic heterocycles. The highest BCUT2D eigenvalue weighted by Gasteiger charge is 2.30. The first-order valence-electron chi connectivity index (χ1n) is 7.24. The fourth-order valence-corrected chi connectivity index (χ4v) is 2.48. The number of amides is 1.